The molecule has 0 amide bonds. The third-order valence-corrected chi connectivity index (χ3v) is 5.14. The van der Waals surface area contributed by atoms with E-state index in [1.165, 1.54) is 17.7 Å². The van der Waals surface area contributed by atoms with Crippen molar-refractivity contribution in [2.75, 3.05) is 11.4 Å². The fourth-order valence-electron chi connectivity index (χ4n) is 3.94. The number of fused-ring (bicyclic) bond motifs is 1. The Morgan fingerprint density at radius 2 is 1.71 bits per heavy atom. The molecule has 4 rings (SSSR count). The van der Waals surface area contributed by atoms with E-state index in [0.29, 0.717) is 6.04 Å². The van der Waals surface area contributed by atoms with Crippen molar-refractivity contribution in [3.63, 3.8) is 0 Å². The standard InChI is InChI=1S/C19H23N5/c1-12-18(14(3)23(4)22-12)17-10-7-11-24(17)19-13(2)20-15-8-5-6-9-16(15)21-19/h5-6,8-9,17H,7,10-11H2,1-4H3. The molecule has 5 heteroatoms. The Morgan fingerprint density at radius 1 is 1.00 bits per heavy atom. The monoisotopic (exact) mass is 321 g/mol. The van der Waals surface area contributed by atoms with Crippen molar-refractivity contribution in [1.82, 2.24) is 19.7 Å². The quantitative estimate of drug-likeness (QED) is 0.723. The molecular weight excluding hydrogens is 298 g/mol. The predicted molar refractivity (Wildman–Crippen MR) is 96.3 cm³/mol. The maximum Gasteiger partial charge on any atom is 0.151 e. The molecule has 2 aromatic heterocycles. The van der Waals surface area contributed by atoms with Gasteiger partial charge in [-0.05, 0) is 45.7 Å². The summed E-state index contributed by atoms with van der Waals surface area (Å²) in [6.07, 6.45) is 2.31. The van der Waals surface area contributed by atoms with E-state index in [9.17, 15) is 0 Å². The first-order valence-electron chi connectivity index (χ1n) is 8.56. The highest BCUT2D eigenvalue weighted by Crippen LogP contribution is 2.39. The van der Waals surface area contributed by atoms with E-state index in [-0.39, 0.29) is 0 Å². The second kappa shape index (κ2) is 5.58. The fourth-order valence-corrected chi connectivity index (χ4v) is 3.94. The van der Waals surface area contributed by atoms with Crippen molar-refractivity contribution in [2.24, 2.45) is 7.05 Å². The van der Waals surface area contributed by atoms with E-state index in [1.54, 1.807) is 0 Å². The minimum absolute atomic E-state index is 0.341. The largest absolute Gasteiger partial charge is 0.348 e. The molecule has 3 heterocycles. The predicted octanol–water partition coefficient (Wildman–Crippen LogP) is 3.63. The van der Waals surface area contributed by atoms with Crippen LogP contribution in [-0.4, -0.2) is 26.3 Å². The summed E-state index contributed by atoms with van der Waals surface area (Å²) in [5, 5.41) is 4.61. The van der Waals surface area contributed by atoms with Crippen LogP contribution in [0.15, 0.2) is 24.3 Å². The number of aromatic nitrogens is 4. The van der Waals surface area contributed by atoms with E-state index < -0.39 is 0 Å². The molecule has 3 aromatic rings. The van der Waals surface area contributed by atoms with Gasteiger partial charge in [-0.3, -0.25) is 4.68 Å². The zero-order chi connectivity index (χ0) is 16.8. The van der Waals surface area contributed by atoms with Crippen LogP contribution < -0.4 is 4.90 Å². The molecule has 0 N–H and O–H groups in total. The minimum Gasteiger partial charge on any atom is -0.348 e. The van der Waals surface area contributed by atoms with Crippen LogP contribution >= 0.6 is 0 Å². The lowest BCUT2D eigenvalue weighted by Crippen LogP contribution is -2.25. The Labute approximate surface area is 142 Å². The van der Waals surface area contributed by atoms with Gasteiger partial charge >= 0.3 is 0 Å². The van der Waals surface area contributed by atoms with Gasteiger partial charge in [-0.15, -0.1) is 0 Å². The first kappa shape index (κ1) is 15.1. The maximum absolute atomic E-state index is 4.93. The molecule has 1 aliphatic heterocycles. The lowest BCUT2D eigenvalue weighted by Gasteiger charge is -2.27. The van der Waals surface area contributed by atoms with Gasteiger partial charge in [-0.1, -0.05) is 12.1 Å². The molecule has 1 aromatic carbocycles. The van der Waals surface area contributed by atoms with Crippen LogP contribution in [0.5, 0.6) is 0 Å². The smallest absolute Gasteiger partial charge is 0.151 e. The Kier molecular flexibility index (Phi) is 3.52. The van der Waals surface area contributed by atoms with E-state index in [1.807, 2.05) is 36.0 Å². The summed E-state index contributed by atoms with van der Waals surface area (Å²) in [5.74, 6) is 1.01. The second-order valence-corrected chi connectivity index (χ2v) is 6.68. The Balaban J connectivity index is 1.82. The van der Waals surface area contributed by atoms with Gasteiger partial charge in [0.05, 0.1) is 28.5 Å². The number of rotatable bonds is 2. The van der Waals surface area contributed by atoms with Crippen molar-refractivity contribution < 1.29 is 0 Å². The van der Waals surface area contributed by atoms with E-state index in [2.05, 4.69) is 30.8 Å². The number of aryl methyl sites for hydroxylation is 3. The Bertz CT molecular complexity index is 912. The summed E-state index contributed by atoms with van der Waals surface area (Å²) >= 11 is 0. The van der Waals surface area contributed by atoms with Crippen LogP contribution in [0.4, 0.5) is 5.82 Å². The fraction of sp³-hybridized carbons (Fsp3) is 0.421. The van der Waals surface area contributed by atoms with Crippen molar-refractivity contribution in [2.45, 2.75) is 39.7 Å². The van der Waals surface area contributed by atoms with Crippen LogP contribution in [0.2, 0.25) is 0 Å². The summed E-state index contributed by atoms with van der Waals surface area (Å²) in [6.45, 7) is 7.35. The molecular formula is C19H23N5. The van der Waals surface area contributed by atoms with Crippen LogP contribution in [0.1, 0.15) is 41.5 Å². The van der Waals surface area contributed by atoms with Crippen LogP contribution in [-0.2, 0) is 7.05 Å². The average Bonchev–Trinajstić information content (AvgIpc) is 3.11. The van der Waals surface area contributed by atoms with Crippen molar-refractivity contribution >= 4 is 16.9 Å². The van der Waals surface area contributed by atoms with Crippen molar-refractivity contribution in [3.8, 4) is 0 Å². The lowest BCUT2D eigenvalue weighted by atomic mass is 10.0. The highest BCUT2D eigenvalue weighted by atomic mass is 15.3. The first-order chi connectivity index (χ1) is 11.6. The summed E-state index contributed by atoms with van der Waals surface area (Å²) in [6, 6.07) is 8.43. The third-order valence-electron chi connectivity index (χ3n) is 5.14. The van der Waals surface area contributed by atoms with Gasteiger partial charge in [-0.2, -0.15) is 5.10 Å². The van der Waals surface area contributed by atoms with Gasteiger partial charge in [-0.25, -0.2) is 9.97 Å². The average molecular weight is 321 g/mol. The molecule has 1 aliphatic rings. The zero-order valence-electron chi connectivity index (χ0n) is 14.7. The third kappa shape index (κ3) is 2.27. The molecule has 1 unspecified atom stereocenters. The van der Waals surface area contributed by atoms with Crippen LogP contribution in [0.3, 0.4) is 0 Å². The summed E-state index contributed by atoms with van der Waals surface area (Å²) in [7, 11) is 2.02. The normalized spacial score (nSPS) is 17.8. The minimum atomic E-state index is 0.341. The Hall–Kier alpha value is -2.43. The molecule has 0 bridgehead atoms. The van der Waals surface area contributed by atoms with Crippen LogP contribution in [0.25, 0.3) is 11.0 Å². The van der Waals surface area contributed by atoms with Gasteiger partial charge in [0, 0.05) is 24.8 Å². The lowest BCUT2D eigenvalue weighted by molar-refractivity contribution is 0.691. The molecule has 0 spiro atoms. The summed E-state index contributed by atoms with van der Waals surface area (Å²) < 4.78 is 1.99. The van der Waals surface area contributed by atoms with Crippen molar-refractivity contribution in [3.05, 3.63) is 46.9 Å². The van der Waals surface area contributed by atoms with Gasteiger partial charge in [0.1, 0.15) is 0 Å². The number of anilines is 1. The molecule has 124 valence electrons. The molecule has 1 atom stereocenters. The van der Waals surface area contributed by atoms with Gasteiger partial charge in [0.2, 0.25) is 0 Å². The molecule has 1 fully saturated rings. The molecule has 0 aliphatic carbocycles. The zero-order valence-corrected chi connectivity index (χ0v) is 14.7. The molecule has 5 nitrogen and oxygen atoms in total. The maximum atomic E-state index is 4.93. The number of para-hydroxylation sites is 2. The van der Waals surface area contributed by atoms with Gasteiger partial charge in [0.25, 0.3) is 0 Å². The highest BCUT2D eigenvalue weighted by molar-refractivity contribution is 5.76. The van der Waals surface area contributed by atoms with Crippen LogP contribution in [0, 0.1) is 20.8 Å². The van der Waals surface area contributed by atoms with Crippen molar-refractivity contribution in [1.29, 1.82) is 0 Å². The highest BCUT2D eigenvalue weighted by Gasteiger charge is 2.32. The topological polar surface area (TPSA) is 46.8 Å². The molecule has 0 saturated carbocycles. The number of hydrogen-bond acceptors (Lipinski definition) is 4. The Morgan fingerprint density at radius 3 is 2.38 bits per heavy atom. The number of hydrogen-bond donors (Lipinski definition) is 0. The molecule has 1 saturated heterocycles. The second-order valence-electron chi connectivity index (χ2n) is 6.68. The van der Waals surface area contributed by atoms with E-state index >= 15 is 0 Å². The first-order valence-corrected chi connectivity index (χ1v) is 8.56. The number of benzene rings is 1. The van der Waals surface area contributed by atoms with E-state index in [4.69, 9.17) is 9.97 Å². The van der Waals surface area contributed by atoms with Gasteiger partial charge in [0.15, 0.2) is 5.82 Å². The summed E-state index contributed by atoms with van der Waals surface area (Å²) in [4.78, 5) is 12.1. The SMILES string of the molecule is Cc1nc2ccccc2nc1N1CCCC1c1c(C)nn(C)c1C. The molecule has 24 heavy (non-hydrogen) atoms. The molecule has 0 radical (unpaired) electrons. The number of nitrogens with zero attached hydrogens (tertiary/aromatic N) is 5. The van der Waals surface area contributed by atoms with Gasteiger partial charge < -0.3 is 4.90 Å². The summed E-state index contributed by atoms with van der Waals surface area (Å²) in [5.41, 5.74) is 6.64. The van der Waals surface area contributed by atoms with E-state index in [0.717, 1.165) is 41.2 Å².